The molecule has 1 rings (SSSR count). The number of halogens is 1. The molecule has 0 spiro atoms. The van der Waals surface area contributed by atoms with Crippen molar-refractivity contribution in [1.29, 1.82) is 0 Å². The van der Waals surface area contributed by atoms with Crippen molar-refractivity contribution in [1.82, 2.24) is 4.90 Å². The molecule has 4 nitrogen and oxygen atoms in total. The number of rotatable bonds is 8. The molecule has 0 radical (unpaired) electrons. The maximum Gasteiger partial charge on any atom is 0.224 e. The number of carbonyl (C=O) groups is 1. The van der Waals surface area contributed by atoms with Crippen molar-refractivity contribution in [2.75, 3.05) is 31.2 Å². The Morgan fingerprint density at radius 2 is 2.19 bits per heavy atom. The Morgan fingerprint density at radius 1 is 1.48 bits per heavy atom. The second-order valence-corrected chi connectivity index (χ2v) is 6.07. The third-order valence-electron chi connectivity index (χ3n) is 3.54. The summed E-state index contributed by atoms with van der Waals surface area (Å²) in [6.07, 6.45) is 2.54. The minimum atomic E-state index is 0.00802. The highest BCUT2D eigenvalue weighted by Gasteiger charge is 2.07. The van der Waals surface area contributed by atoms with E-state index in [1.807, 2.05) is 0 Å². The van der Waals surface area contributed by atoms with E-state index < -0.39 is 0 Å². The van der Waals surface area contributed by atoms with Gasteiger partial charge in [-0.2, -0.15) is 0 Å². The fraction of sp³-hybridized carbons (Fsp3) is 0.562. The van der Waals surface area contributed by atoms with Gasteiger partial charge in [-0.15, -0.1) is 0 Å². The first kappa shape index (κ1) is 17.8. The molecule has 0 saturated carbocycles. The van der Waals surface area contributed by atoms with Gasteiger partial charge in [-0.25, -0.2) is 0 Å². The molecule has 0 aliphatic rings. The maximum absolute atomic E-state index is 11.9. The first-order chi connectivity index (χ1) is 9.92. The normalized spacial score (nSPS) is 12.4. The molecule has 5 heteroatoms. The molecule has 1 aromatic rings. The Balaban J connectivity index is 2.29. The fourth-order valence-corrected chi connectivity index (χ4v) is 2.22. The van der Waals surface area contributed by atoms with E-state index >= 15 is 0 Å². The van der Waals surface area contributed by atoms with Gasteiger partial charge in [0.05, 0.1) is 10.7 Å². The van der Waals surface area contributed by atoms with E-state index in [0.29, 0.717) is 28.7 Å². The average Bonchev–Trinajstić information content (AvgIpc) is 2.42. The topological polar surface area (TPSA) is 58.4 Å². The van der Waals surface area contributed by atoms with Crippen LogP contribution in [0.25, 0.3) is 0 Å². The van der Waals surface area contributed by atoms with Crippen LogP contribution >= 0.6 is 11.6 Å². The summed E-state index contributed by atoms with van der Waals surface area (Å²) in [6, 6.07) is 5.12. The summed E-state index contributed by atoms with van der Waals surface area (Å²) in [5.74, 6) is 0.703. The van der Waals surface area contributed by atoms with Gasteiger partial charge in [0.25, 0.3) is 0 Å². The SMILES string of the molecule is CCC(C)CN(C)CCCC(=O)Nc1ccc(Cl)c(N)c1. The highest BCUT2D eigenvalue weighted by atomic mass is 35.5. The van der Waals surface area contributed by atoms with Crippen LogP contribution in [0.15, 0.2) is 18.2 Å². The largest absolute Gasteiger partial charge is 0.397 e. The van der Waals surface area contributed by atoms with Crippen LogP contribution < -0.4 is 11.1 Å². The van der Waals surface area contributed by atoms with Crippen LogP contribution in [0.2, 0.25) is 5.02 Å². The van der Waals surface area contributed by atoms with E-state index in [2.05, 4.69) is 31.1 Å². The summed E-state index contributed by atoms with van der Waals surface area (Å²) in [4.78, 5) is 14.1. The molecule has 3 N–H and O–H groups in total. The number of hydrogen-bond acceptors (Lipinski definition) is 3. The molecule has 1 aromatic carbocycles. The fourth-order valence-electron chi connectivity index (χ4n) is 2.11. The second-order valence-electron chi connectivity index (χ2n) is 5.66. The summed E-state index contributed by atoms with van der Waals surface area (Å²) in [5, 5.41) is 3.34. The van der Waals surface area contributed by atoms with Gasteiger partial charge in [-0.05, 0) is 44.1 Å². The van der Waals surface area contributed by atoms with Crippen molar-refractivity contribution in [3.63, 3.8) is 0 Å². The van der Waals surface area contributed by atoms with Gasteiger partial charge in [0.2, 0.25) is 5.91 Å². The molecule has 0 aliphatic carbocycles. The lowest BCUT2D eigenvalue weighted by atomic mass is 10.1. The van der Waals surface area contributed by atoms with Gasteiger partial charge in [0.15, 0.2) is 0 Å². The van der Waals surface area contributed by atoms with E-state index in [1.54, 1.807) is 18.2 Å². The molecule has 0 heterocycles. The lowest BCUT2D eigenvalue weighted by Crippen LogP contribution is -2.26. The predicted octanol–water partition coefficient (Wildman–Crippen LogP) is 3.62. The third-order valence-corrected chi connectivity index (χ3v) is 3.89. The molecule has 0 aromatic heterocycles. The molecule has 1 amide bonds. The number of carbonyl (C=O) groups excluding carboxylic acids is 1. The summed E-state index contributed by atoms with van der Waals surface area (Å²) in [5.41, 5.74) is 6.87. The van der Waals surface area contributed by atoms with Crippen LogP contribution in [0.4, 0.5) is 11.4 Å². The van der Waals surface area contributed by atoms with Crippen LogP contribution in [-0.2, 0) is 4.79 Å². The average molecular weight is 312 g/mol. The van der Waals surface area contributed by atoms with Gasteiger partial charge in [-0.1, -0.05) is 31.9 Å². The van der Waals surface area contributed by atoms with Crippen LogP contribution in [0, 0.1) is 5.92 Å². The first-order valence-corrected chi connectivity index (χ1v) is 7.83. The monoisotopic (exact) mass is 311 g/mol. The Labute approximate surface area is 132 Å². The zero-order chi connectivity index (χ0) is 15.8. The van der Waals surface area contributed by atoms with E-state index in [4.69, 9.17) is 17.3 Å². The number of nitrogens with zero attached hydrogens (tertiary/aromatic N) is 1. The summed E-state index contributed by atoms with van der Waals surface area (Å²) < 4.78 is 0. The number of nitrogens with one attached hydrogen (secondary N) is 1. The molecule has 0 bridgehead atoms. The van der Waals surface area contributed by atoms with Gasteiger partial charge in [-0.3, -0.25) is 4.79 Å². The molecule has 0 saturated heterocycles. The maximum atomic E-state index is 11.9. The molecule has 0 aliphatic heterocycles. The summed E-state index contributed by atoms with van der Waals surface area (Å²) in [6.45, 7) is 6.45. The minimum Gasteiger partial charge on any atom is -0.397 e. The predicted molar refractivity (Wildman–Crippen MR) is 90.7 cm³/mol. The van der Waals surface area contributed by atoms with Crippen LogP contribution in [0.1, 0.15) is 33.1 Å². The van der Waals surface area contributed by atoms with Gasteiger partial charge < -0.3 is 16.0 Å². The third kappa shape index (κ3) is 6.82. The van der Waals surface area contributed by atoms with Crippen LogP contribution in [-0.4, -0.2) is 30.9 Å². The van der Waals surface area contributed by atoms with Crippen molar-refractivity contribution in [2.45, 2.75) is 33.1 Å². The van der Waals surface area contributed by atoms with Gasteiger partial charge in [0.1, 0.15) is 0 Å². The van der Waals surface area contributed by atoms with Crippen molar-refractivity contribution < 1.29 is 4.79 Å². The number of nitrogens with two attached hydrogens (primary N) is 1. The van der Waals surface area contributed by atoms with Crippen molar-refractivity contribution in [3.05, 3.63) is 23.2 Å². The molecule has 21 heavy (non-hydrogen) atoms. The zero-order valence-electron chi connectivity index (χ0n) is 13.2. The Bertz CT molecular complexity index is 465. The first-order valence-electron chi connectivity index (χ1n) is 7.45. The number of benzene rings is 1. The highest BCUT2D eigenvalue weighted by molar-refractivity contribution is 6.33. The Kier molecular flexibility index (Phi) is 7.54. The minimum absolute atomic E-state index is 0.00802. The zero-order valence-corrected chi connectivity index (χ0v) is 13.9. The molecule has 1 atom stereocenters. The number of hydrogen-bond donors (Lipinski definition) is 2. The molecular formula is C16H26ClN3O. The Hall–Kier alpha value is -1.26. The van der Waals surface area contributed by atoms with E-state index in [-0.39, 0.29) is 5.91 Å². The number of anilines is 2. The lowest BCUT2D eigenvalue weighted by Gasteiger charge is -2.20. The molecule has 0 fully saturated rings. The van der Waals surface area contributed by atoms with Crippen LogP contribution in [0.3, 0.4) is 0 Å². The van der Waals surface area contributed by atoms with Crippen molar-refractivity contribution in [3.8, 4) is 0 Å². The molecule has 1 unspecified atom stereocenters. The quantitative estimate of drug-likeness (QED) is 0.721. The smallest absolute Gasteiger partial charge is 0.224 e. The number of amides is 1. The number of nitrogen functional groups attached to an aromatic ring is 1. The second kappa shape index (κ2) is 8.90. The molecular weight excluding hydrogens is 286 g/mol. The van der Waals surface area contributed by atoms with E-state index in [0.717, 1.165) is 19.5 Å². The molecule has 118 valence electrons. The van der Waals surface area contributed by atoms with Crippen molar-refractivity contribution in [2.24, 2.45) is 5.92 Å². The highest BCUT2D eigenvalue weighted by Crippen LogP contribution is 2.22. The van der Waals surface area contributed by atoms with Crippen molar-refractivity contribution >= 4 is 28.9 Å². The van der Waals surface area contributed by atoms with Gasteiger partial charge >= 0.3 is 0 Å². The summed E-state index contributed by atoms with van der Waals surface area (Å²) in [7, 11) is 2.10. The van der Waals surface area contributed by atoms with E-state index in [1.165, 1.54) is 6.42 Å². The van der Waals surface area contributed by atoms with Crippen LogP contribution in [0.5, 0.6) is 0 Å². The standard InChI is InChI=1S/C16H26ClN3O/c1-4-12(2)11-20(3)9-5-6-16(21)19-13-7-8-14(17)15(18)10-13/h7-8,10,12H,4-6,9,11,18H2,1-3H3,(H,19,21). The summed E-state index contributed by atoms with van der Waals surface area (Å²) >= 11 is 5.85. The van der Waals surface area contributed by atoms with Gasteiger partial charge in [0, 0.05) is 18.7 Å². The lowest BCUT2D eigenvalue weighted by molar-refractivity contribution is -0.116. The van der Waals surface area contributed by atoms with E-state index in [9.17, 15) is 4.79 Å². The Morgan fingerprint density at radius 3 is 2.81 bits per heavy atom.